The Balaban J connectivity index is 1.55. The van der Waals surface area contributed by atoms with Crippen LogP contribution in [0.5, 0.6) is 0 Å². The molecule has 3 heteroatoms. The summed E-state index contributed by atoms with van der Waals surface area (Å²) < 4.78 is 0. The van der Waals surface area contributed by atoms with E-state index in [4.69, 9.17) is 0 Å². The van der Waals surface area contributed by atoms with E-state index in [0.29, 0.717) is 12.1 Å². The Morgan fingerprint density at radius 1 is 1.24 bits per heavy atom. The molecule has 2 aliphatic rings. The zero-order valence-electron chi connectivity index (χ0n) is 13.6. The number of rotatable bonds is 5. The van der Waals surface area contributed by atoms with Crippen LogP contribution in [0.15, 0.2) is 17.5 Å². The van der Waals surface area contributed by atoms with E-state index in [1.165, 1.54) is 49.9 Å². The van der Waals surface area contributed by atoms with Crippen LogP contribution >= 0.6 is 11.3 Å². The van der Waals surface area contributed by atoms with Gasteiger partial charge in [0.2, 0.25) is 0 Å². The van der Waals surface area contributed by atoms with E-state index in [9.17, 15) is 0 Å². The fraction of sp³-hybridized carbons (Fsp3) is 0.778. The molecule has 3 atom stereocenters. The van der Waals surface area contributed by atoms with Gasteiger partial charge in [0.25, 0.3) is 0 Å². The van der Waals surface area contributed by atoms with Crippen LogP contribution in [0.4, 0.5) is 0 Å². The summed E-state index contributed by atoms with van der Waals surface area (Å²) in [7, 11) is 0. The fourth-order valence-electron chi connectivity index (χ4n) is 4.06. The van der Waals surface area contributed by atoms with E-state index >= 15 is 0 Å². The van der Waals surface area contributed by atoms with E-state index in [1.807, 2.05) is 11.3 Å². The zero-order chi connectivity index (χ0) is 14.7. The predicted molar refractivity (Wildman–Crippen MR) is 91.8 cm³/mol. The number of nitrogens with one attached hydrogen (secondary N) is 1. The van der Waals surface area contributed by atoms with Crippen molar-refractivity contribution in [2.24, 2.45) is 5.92 Å². The molecule has 0 amide bonds. The van der Waals surface area contributed by atoms with Gasteiger partial charge in [-0.05, 0) is 56.9 Å². The number of hydrogen-bond donors (Lipinski definition) is 1. The van der Waals surface area contributed by atoms with Crippen molar-refractivity contribution in [1.82, 2.24) is 10.2 Å². The molecule has 1 aliphatic carbocycles. The van der Waals surface area contributed by atoms with Crippen LogP contribution in [-0.2, 0) is 6.54 Å². The normalized spacial score (nSPS) is 29.8. The second-order valence-corrected chi connectivity index (χ2v) is 8.23. The van der Waals surface area contributed by atoms with Crippen molar-refractivity contribution in [3.05, 3.63) is 22.4 Å². The molecule has 1 aromatic rings. The molecule has 3 unspecified atom stereocenters. The highest BCUT2D eigenvalue weighted by Crippen LogP contribution is 2.32. The van der Waals surface area contributed by atoms with Gasteiger partial charge in [0.15, 0.2) is 0 Å². The highest BCUT2D eigenvalue weighted by Gasteiger charge is 2.32. The van der Waals surface area contributed by atoms with Gasteiger partial charge in [0.05, 0.1) is 0 Å². The van der Waals surface area contributed by atoms with Gasteiger partial charge in [-0.25, -0.2) is 0 Å². The summed E-state index contributed by atoms with van der Waals surface area (Å²) in [6.07, 6.45) is 8.59. The van der Waals surface area contributed by atoms with Crippen molar-refractivity contribution < 1.29 is 0 Å². The van der Waals surface area contributed by atoms with E-state index in [-0.39, 0.29) is 0 Å². The molecular weight excluding hydrogens is 276 g/mol. The minimum Gasteiger partial charge on any atom is -0.310 e. The van der Waals surface area contributed by atoms with Gasteiger partial charge in [-0.1, -0.05) is 18.9 Å². The molecule has 1 aliphatic heterocycles. The first kappa shape index (κ1) is 15.5. The van der Waals surface area contributed by atoms with Gasteiger partial charge in [0, 0.05) is 36.1 Å². The van der Waals surface area contributed by atoms with Crippen molar-refractivity contribution in [3.63, 3.8) is 0 Å². The lowest BCUT2D eigenvalue weighted by Crippen LogP contribution is -2.53. The molecule has 118 valence electrons. The van der Waals surface area contributed by atoms with Crippen molar-refractivity contribution in [2.75, 3.05) is 6.54 Å². The minimum absolute atomic E-state index is 0.623. The summed E-state index contributed by atoms with van der Waals surface area (Å²) in [4.78, 5) is 4.14. The maximum Gasteiger partial charge on any atom is 0.0331 e. The van der Waals surface area contributed by atoms with Crippen molar-refractivity contribution in [3.8, 4) is 0 Å². The molecule has 2 nitrogen and oxygen atoms in total. The van der Waals surface area contributed by atoms with E-state index in [1.54, 1.807) is 0 Å². The van der Waals surface area contributed by atoms with E-state index in [0.717, 1.165) is 18.5 Å². The molecule has 21 heavy (non-hydrogen) atoms. The second kappa shape index (κ2) is 7.26. The number of fused-ring (bicyclic) bond motifs is 1. The molecule has 0 spiro atoms. The molecule has 1 saturated heterocycles. The van der Waals surface area contributed by atoms with Crippen molar-refractivity contribution >= 4 is 11.3 Å². The topological polar surface area (TPSA) is 15.3 Å². The Hall–Kier alpha value is -0.380. The Morgan fingerprint density at radius 2 is 2.10 bits per heavy atom. The van der Waals surface area contributed by atoms with Crippen LogP contribution in [0.25, 0.3) is 0 Å². The Kier molecular flexibility index (Phi) is 5.36. The predicted octanol–water partition coefficient (Wildman–Crippen LogP) is 4.27. The monoisotopic (exact) mass is 306 g/mol. The lowest BCUT2D eigenvalue weighted by atomic mass is 9.77. The largest absolute Gasteiger partial charge is 0.310 e. The second-order valence-electron chi connectivity index (χ2n) is 7.19. The number of piperidine rings is 1. The van der Waals surface area contributed by atoms with Crippen LogP contribution in [0.1, 0.15) is 57.2 Å². The summed E-state index contributed by atoms with van der Waals surface area (Å²) in [5.41, 5.74) is 0. The third kappa shape index (κ3) is 4.08. The molecular formula is C18H30N2S. The molecule has 1 N–H and O–H groups in total. The highest BCUT2D eigenvalue weighted by molar-refractivity contribution is 7.09. The molecule has 0 bridgehead atoms. The van der Waals surface area contributed by atoms with Gasteiger partial charge < -0.3 is 5.32 Å². The maximum atomic E-state index is 3.98. The third-order valence-electron chi connectivity index (χ3n) is 5.37. The van der Waals surface area contributed by atoms with Crippen LogP contribution in [-0.4, -0.2) is 29.6 Å². The van der Waals surface area contributed by atoms with Gasteiger partial charge in [0.1, 0.15) is 0 Å². The summed E-state index contributed by atoms with van der Waals surface area (Å²) in [5, 5.41) is 6.18. The average molecular weight is 307 g/mol. The number of nitrogens with zero attached hydrogens (tertiary/aromatic N) is 1. The highest BCUT2D eigenvalue weighted by atomic mass is 32.1. The number of thiophene rings is 1. The van der Waals surface area contributed by atoms with Gasteiger partial charge in [-0.15, -0.1) is 11.3 Å². The van der Waals surface area contributed by atoms with Gasteiger partial charge in [-0.3, -0.25) is 4.90 Å². The molecule has 0 aromatic carbocycles. The summed E-state index contributed by atoms with van der Waals surface area (Å²) >= 11 is 1.89. The van der Waals surface area contributed by atoms with Crippen LogP contribution in [0.3, 0.4) is 0 Å². The smallest absolute Gasteiger partial charge is 0.0331 e. The first-order chi connectivity index (χ1) is 10.2. The van der Waals surface area contributed by atoms with Gasteiger partial charge >= 0.3 is 0 Å². The summed E-state index contributed by atoms with van der Waals surface area (Å²) in [6.45, 7) is 6.99. The maximum absolute atomic E-state index is 3.98. The van der Waals surface area contributed by atoms with E-state index < -0.39 is 0 Å². The molecule has 1 saturated carbocycles. The molecule has 3 rings (SSSR count). The Bertz CT molecular complexity index is 415. The van der Waals surface area contributed by atoms with Gasteiger partial charge in [-0.2, -0.15) is 0 Å². The Labute approximate surface area is 133 Å². The van der Waals surface area contributed by atoms with Crippen LogP contribution in [0.2, 0.25) is 0 Å². The minimum atomic E-state index is 0.623. The first-order valence-corrected chi connectivity index (χ1v) is 9.63. The molecule has 1 aromatic heterocycles. The zero-order valence-corrected chi connectivity index (χ0v) is 14.4. The molecule has 2 heterocycles. The Morgan fingerprint density at radius 3 is 2.86 bits per heavy atom. The summed E-state index contributed by atoms with van der Waals surface area (Å²) in [6, 6.07) is 6.58. The number of hydrogen-bond acceptors (Lipinski definition) is 3. The van der Waals surface area contributed by atoms with Crippen LogP contribution in [0, 0.1) is 5.92 Å². The quantitative estimate of drug-likeness (QED) is 0.874. The lowest BCUT2D eigenvalue weighted by molar-refractivity contribution is 0.126. The van der Waals surface area contributed by atoms with E-state index in [2.05, 4.69) is 41.6 Å². The molecule has 0 radical (unpaired) electrons. The average Bonchev–Trinajstić information content (AvgIpc) is 2.99. The SMILES string of the molecule is CC(C)N(Cc1cccs1)CC1CCC2CCCCC2N1. The van der Waals surface area contributed by atoms with Crippen LogP contribution < -0.4 is 5.32 Å². The standard InChI is InChI=1S/C18H30N2S/c1-14(2)20(13-17-7-5-11-21-17)12-16-10-9-15-6-3-4-8-18(15)19-16/h5,7,11,14-16,18-19H,3-4,6,8-10,12-13H2,1-2H3. The van der Waals surface area contributed by atoms with Crippen molar-refractivity contribution in [1.29, 1.82) is 0 Å². The molecule has 2 fully saturated rings. The fourth-order valence-corrected chi connectivity index (χ4v) is 4.79. The van der Waals surface area contributed by atoms with Crippen molar-refractivity contribution in [2.45, 2.75) is 77.0 Å². The summed E-state index contributed by atoms with van der Waals surface area (Å²) in [5.74, 6) is 0.972. The lowest BCUT2D eigenvalue weighted by Gasteiger charge is -2.42. The third-order valence-corrected chi connectivity index (χ3v) is 6.23. The first-order valence-electron chi connectivity index (χ1n) is 8.75.